The highest BCUT2D eigenvalue weighted by Crippen LogP contribution is 2.43. The molecule has 306 valence electrons. The number of esters is 2. The molecular formula is C41H77O10P. The Morgan fingerprint density at radius 1 is 0.558 bits per heavy atom. The summed E-state index contributed by atoms with van der Waals surface area (Å²) in [6, 6.07) is 0. The van der Waals surface area contributed by atoms with Crippen molar-refractivity contribution in [3.63, 3.8) is 0 Å². The molecule has 0 aromatic heterocycles. The van der Waals surface area contributed by atoms with E-state index in [2.05, 4.69) is 42.7 Å². The maximum atomic E-state index is 12.6. The van der Waals surface area contributed by atoms with Crippen molar-refractivity contribution in [1.29, 1.82) is 0 Å². The first-order valence-electron chi connectivity index (χ1n) is 20.8. The minimum Gasteiger partial charge on any atom is -0.462 e. The first-order chi connectivity index (χ1) is 25.2. The molecule has 0 aromatic carbocycles. The average Bonchev–Trinajstić information content (AvgIpc) is 3.13. The second kappa shape index (κ2) is 37.8. The molecular weight excluding hydrogens is 683 g/mol. The molecule has 0 fully saturated rings. The fourth-order valence-corrected chi connectivity index (χ4v) is 6.36. The first-order valence-corrected chi connectivity index (χ1v) is 22.3. The van der Waals surface area contributed by atoms with Gasteiger partial charge in [-0.2, -0.15) is 0 Å². The maximum absolute atomic E-state index is 12.6. The van der Waals surface area contributed by atoms with Crippen molar-refractivity contribution in [3.05, 3.63) is 24.3 Å². The predicted octanol–water partition coefficient (Wildman–Crippen LogP) is 10.6. The Morgan fingerprint density at radius 2 is 0.942 bits per heavy atom. The summed E-state index contributed by atoms with van der Waals surface area (Å²) in [5, 5.41) is 18.3. The molecule has 0 saturated heterocycles. The highest BCUT2D eigenvalue weighted by atomic mass is 31.2. The van der Waals surface area contributed by atoms with Crippen LogP contribution in [0.25, 0.3) is 0 Å². The van der Waals surface area contributed by atoms with Crippen molar-refractivity contribution in [1.82, 2.24) is 0 Å². The SMILES string of the molecule is CCCCCCC/C=C\CCCCCCCC(=O)O[C@H](COC(=O)CCCCCCC/C=C\CCCCCCCC)COP(=O)(O)OC[C@@H](O)CO. The van der Waals surface area contributed by atoms with Crippen LogP contribution in [0, 0.1) is 0 Å². The van der Waals surface area contributed by atoms with Crippen LogP contribution in [0.15, 0.2) is 24.3 Å². The molecule has 0 heterocycles. The van der Waals surface area contributed by atoms with Gasteiger partial charge in [0.25, 0.3) is 0 Å². The fourth-order valence-electron chi connectivity index (χ4n) is 5.57. The molecule has 0 radical (unpaired) electrons. The van der Waals surface area contributed by atoms with Gasteiger partial charge < -0.3 is 24.6 Å². The zero-order chi connectivity index (χ0) is 38.4. The van der Waals surface area contributed by atoms with Gasteiger partial charge >= 0.3 is 19.8 Å². The number of phosphoric ester groups is 1. The fraction of sp³-hybridized carbons (Fsp3) is 0.854. The summed E-state index contributed by atoms with van der Waals surface area (Å²) in [6.07, 6.45) is 35.7. The lowest BCUT2D eigenvalue weighted by Crippen LogP contribution is -2.29. The smallest absolute Gasteiger partial charge is 0.462 e. The molecule has 11 heteroatoms. The lowest BCUT2D eigenvalue weighted by molar-refractivity contribution is -0.161. The van der Waals surface area contributed by atoms with E-state index in [-0.39, 0.29) is 19.4 Å². The Balaban J connectivity index is 4.34. The summed E-state index contributed by atoms with van der Waals surface area (Å²) in [6.45, 7) is 2.35. The minimum atomic E-state index is -4.61. The number of hydrogen-bond acceptors (Lipinski definition) is 9. The van der Waals surface area contributed by atoms with Crippen LogP contribution in [0.3, 0.4) is 0 Å². The van der Waals surface area contributed by atoms with Gasteiger partial charge in [-0.25, -0.2) is 4.57 Å². The molecule has 0 spiro atoms. The normalized spacial score (nSPS) is 14.2. The standard InChI is InChI=1S/C41H77O10P/c1-3-5-7-9-11-13-15-17-19-21-22-24-26-28-30-32-40(44)48-36-39(37-50-52(46,47)49-35-38(43)34-42)51-41(45)33-31-29-27-25-23-20-18-16-14-12-10-8-6-4-2/h16-19,38-39,42-43H,3-15,20-37H2,1-2H3,(H,46,47)/b18-16-,19-17-/t38-,39+/m0/s1. The quantitative estimate of drug-likeness (QED) is 0.0239. The third kappa shape index (κ3) is 36.8. The van der Waals surface area contributed by atoms with Crippen molar-refractivity contribution < 1.29 is 47.8 Å². The molecule has 0 rings (SSSR count). The van der Waals surface area contributed by atoms with Crippen LogP contribution in [0.2, 0.25) is 0 Å². The number of allylic oxidation sites excluding steroid dienone is 4. The third-order valence-corrected chi connectivity index (χ3v) is 9.78. The Kier molecular flexibility index (Phi) is 36.6. The van der Waals surface area contributed by atoms with E-state index in [9.17, 15) is 24.2 Å². The molecule has 0 aliphatic carbocycles. The molecule has 3 atom stereocenters. The van der Waals surface area contributed by atoms with Gasteiger partial charge in [-0.3, -0.25) is 18.6 Å². The molecule has 1 unspecified atom stereocenters. The summed E-state index contributed by atoms with van der Waals surface area (Å²) in [5.41, 5.74) is 0. The number of aliphatic hydroxyl groups excluding tert-OH is 2. The van der Waals surface area contributed by atoms with Gasteiger partial charge in [0.2, 0.25) is 0 Å². The van der Waals surface area contributed by atoms with E-state index in [1.807, 2.05) is 0 Å². The van der Waals surface area contributed by atoms with Gasteiger partial charge in [0, 0.05) is 12.8 Å². The number of ether oxygens (including phenoxy) is 2. The molecule has 52 heavy (non-hydrogen) atoms. The summed E-state index contributed by atoms with van der Waals surface area (Å²) in [4.78, 5) is 34.9. The number of unbranched alkanes of at least 4 members (excludes halogenated alkanes) is 21. The number of aliphatic hydroxyl groups is 2. The highest BCUT2D eigenvalue weighted by molar-refractivity contribution is 7.47. The summed E-state index contributed by atoms with van der Waals surface area (Å²) in [5.74, 6) is -0.942. The lowest BCUT2D eigenvalue weighted by Gasteiger charge is -2.20. The summed E-state index contributed by atoms with van der Waals surface area (Å²) < 4.78 is 32.6. The molecule has 10 nitrogen and oxygen atoms in total. The molecule has 0 bridgehead atoms. The van der Waals surface area contributed by atoms with E-state index in [4.69, 9.17) is 19.1 Å². The van der Waals surface area contributed by atoms with Crippen LogP contribution in [0.4, 0.5) is 0 Å². The van der Waals surface area contributed by atoms with Crippen molar-refractivity contribution >= 4 is 19.8 Å². The van der Waals surface area contributed by atoms with Crippen molar-refractivity contribution in [2.24, 2.45) is 0 Å². The van der Waals surface area contributed by atoms with E-state index in [0.29, 0.717) is 12.8 Å². The maximum Gasteiger partial charge on any atom is 0.472 e. The van der Waals surface area contributed by atoms with Gasteiger partial charge in [0.05, 0.1) is 19.8 Å². The van der Waals surface area contributed by atoms with Crippen molar-refractivity contribution in [2.45, 2.75) is 199 Å². The van der Waals surface area contributed by atoms with Gasteiger partial charge in [0.15, 0.2) is 6.10 Å². The second-order valence-electron chi connectivity index (χ2n) is 14.0. The van der Waals surface area contributed by atoms with Gasteiger partial charge in [-0.15, -0.1) is 0 Å². The summed E-state index contributed by atoms with van der Waals surface area (Å²) in [7, 11) is -4.61. The lowest BCUT2D eigenvalue weighted by atomic mass is 10.1. The van der Waals surface area contributed by atoms with Gasteiger partial charge in [-0.1, -0.05) is 134 Å². The molecule has 0 amide bonds. The Morgan fingerprint density at radius 3 is 1.38 bits per heavy atom. The number of hydrogen-bond donors (Lipinski definition) is 3. The number of phosphoric acid groups is 1. The van der Waals surface area contributed by atoms with Crippen LogP contribution < -0.4 is 0 Å². The van der Waals surface area contributed by atoms with E-state index in [1.54, 1.807) is 0 Å². The summed E-state index contributed by atoms with van der Waals surface area (Å²) >= 11 is 0. The van der Waals surface area contributed by atoms with Gasteiger partial charge in [-0.05, 0) is 64.2 Å². The third-order valence-electron chi connectivity index (χ3n) is 8.83. The molecule has 0 aliphatic rings. The zero-order valence-electron chi connectivity index (χ0n) is 33.0. The van der Waals surface area contributed by atoms with Crippen LogP contribution in [0.1, 0.15) is 187 Å². The van der Waals surface area contributed by atoms with Gasteiger partial charge in [0.1, 0.15) is 12.7 Å². The zero-order valence-corrected chi connectivity index (χ0v) is 33.9. The van der Waals surface area contributed by atoms with Crippen molar-refractivity contribution in [3.8, 4) is 0 Å². The van der Waals surface area contributed by atoms with Crippen LogP contribution in [-0.4, -0.2) is 65.7 Å². The molecule has 0 aromatic rings. The van der Waals surface area contributed by atoms with Crippen molar-refractivity contribution in [2.75, 3.05) is 26.4 Å². The van der Waals surface area contributed by atoms with E-state index < -0.39 is 51.8 Å². The number of rotatable bonds is 39. The monoisotopic (exact) mass is 761 g/mol. The number of carbonyl (C=O) groups excluding carboxylic acids is 2. The van der Waals surface area contributed by atoms with E-state index in [0.717, 1.165) is 70.6 Å². The molecule has 0 aliphatic heterocycles. The Hall–Kier alpha value is -1.55. The largest absolute Gasteiger partial charge is 0.472 e. The second-order valence-corrected chi connectivity index (χ2v) is 15.5. The van der Waals surface area contributed by atoms with Crippen LogP contribution >= 0.6 is 7.82 Å². The Bertz CT molecular complexity index is 925. The Labute approximate surface area is 317 Å². The average molecular weight is 761 g/mol. The topological polar surface area (TPSA) is 149 Å². The molecule has 0 saturated carbocycles. The molecule has 3 N–H and O–H groups in total. The van der Waals surface area contributed by atoms with E-state index >= 15 is 0 Å². The predicted molar refractivity (Wildman–Crippen MR) is 210 cm³/mol. The van der Waals surface area contributed by atoms with Crippen LogP contribution in [0.5, 0.6) is 0 Å². The number of carbonyl (C=O) groups is 2. The van der Waals surface area contributed by atoms with E-state index in [1.165, 1.54) is 77.0 Å². The highest BCUT2D eigenvalue weighted by Gasteiger charge is 2.27. The first kappa shape index (κ1) is 50.5. The van der Waals surface area contributed by atoms with Crippen LogP contribution in [-0.2, 0) is 32.7 Å². The minimum absolute atomic E-state index is 0.174.